The van der Waals surface area contributed by atoms with Gasteiger partial charge in [0.2, 0.25) is 11.8 Å². The first-order valence-corrected chi connectivity index (χ1v) is 7.67. The number of aliphatic hydroxyl groups is 1. The Balaban J connectivity index is 1.88. The van der Waals surface area contributed by atoms with Gasteiger partial charge in [0.15, 0.2) is 0 Å². The van der Waals surface area contributed by atoms with Crippen LogP contribution in [0.3, 0.4) is 0 Å². The number of carbonyl (C=O) groups is 3. The molecule has 0 bridgehead atoms. The summed E-state index contributed by atoms with van der Waals surface area (Å²) < 4.78 is 0. The fraction of sp³-hybridized carbons (Fsp3) is 0.353. The maximum absolute atomic E-state index is 12.6. The van der Waals surface area contributed by atoms with Crippen molar-refractivity contribution < 1.29 is 19.5 Å². The van der Waals surface area contributed by atoms with Crippen molar-refractivity contribution in [1.82, 2.24) is 10.2 Å². The summed E-state index contributed by atoms with van der Waals surface area (Å²) in [5.74, 6) is 4.46. The number of piperidine rings is 1. The maximum Gasteiger partial charge on any atom is 0.255 e. The van der Waals surface area contributed by atoms with Crippen LogP contribution in [0.15, 0.2) is 18.2 Å². The van der Waals surface area contributed by atoms with Crippen molar-refractivity contribution in [3.05, 3.63) is 34.9 Å². The Morgan fingerprint density at radius 2 is 2.17 bits per heavy atom. The minimum atomic E-state index is -0.927. The molecule has 7 heteroatoms. The highest BCUT2D eigenvalue weighted by atomic mass is 16.3. The number of imide groups is 1. The number of nitrogens with two attached hydrogens (primary N) is 1. The number of fused-ring (bicyclic) bond motifs is 1. The molecule has 3 rings (SSSR count). The quantitative estimate of drug-likeness (QED) is 0.482. The standard InChI is InChI=1S/C17H17N3O4/c18-8-11(21)5-4-10-2-1-3-12-13(10)9-20(17(12)24)14-6-7-15(22)19-16(14)23/h1-3,11,14,21H,6-9,18H2,(H,19,22,23). The zero-order chi connectivity index (χ0) is 17.3. The molecule has 1 aromatic carbocycles. The van der Waals surface area contributed by atoms with E-state index >= 15 is 0 Å². The molecule has 0 aromatic heterocycles. The molecule has 2 atom stereocenters. The lowest BCUT2D eigenvalue weighted by molar-refractivity contribution is -0.136. The number of rotatable bonds is 2. The molecular weight excluding hydrogens is 310 g/mol. The summed E-state index contributed by atoms with van der Waals surface area (Å²) in [5.41, 5.74) is 7.18. The Morgan fingerprint density at radius 3 is 2.88 bits per heavy atom. The third-order valence-corrected chi connectivity index (χ3v) is 4.18. The molecule has 0 spiro atoms. The van der Waals surface area contributed by atoms with Gasteiger partial charge in [-0.15, -0.1) is 0 Å². The smallest absolute Gasteiger partial charge is 0.255 e. The number of hydrogen-bond acceptors (Lipinski definition) is 5. The minimum Gasteiger partial charge on any atom is -0.379 e. The van der Waals surface area contributed by atoms with Gasteiger partial charge in [0.05, 0.1) is 0 Å². The number of benzene rings is 1. The molecule has 4 N–H and O–H groups in total. The van der Waals surface area contributed by atoms with E-state index in [0.29, 0.717) is 17.5 Å². The topological polar surface area (TPSA) is 113 Å². The highest BCUT2D eigenvalue weighted by Gasteiger charge is 2.39. The Morgan fingerprint density at radius 1 is 1.38 bits per heavy atom. The van der Waals surface area contributed by atoms with Crippen LogP contribution < -0.4 is 11.1 Å². The number of carbonyl (C=O) groups excluding carboxylic acids is 3. The summed E-state index contributed by atoms with van der Waals surface area (Å²) in [4.78, 5) is 37.4. The van der Waals surface area contributed by atoms with Crippen LogP contribution in [-0.4, -0.2) is 46.4 Å². The summed E-state index contributed by atoms with van der Waals surface area (Å²) in [6, 6.07) is 4.51. The van der Waals surface area contributed by atoms with E-state index in [2.05, 4.69) is 17.2 Å². The maximum atomic E-state index is 12.6. The van der Waals surface area contributed by atoms with Crippen molar-refractivity contribution >= 4 is 17.7 Å². The second kappa shape index (κ2) is 6.43. The monoisotopic (exact) mass is 327 g/mol. The predicted octanol–water partition coefficient (Wildman–Crippen LogP) is -0.881. The van der Waals surface area contributed by atoms with Crippen molar-refractivity contribution in [2.24, 2.45) is 5.73 Å². The number of nitrogens with zero attached hydrogens (tertiary/aromatic N) is 1. The number of hydrogen-bond donors (Lipinski definition) is 3. The first-order valence-electron chi connectivity index (χ1n) is 7.67. The molecule has 0 aliphatic carbocycles. The van der Waals surface area contributed by atoms with Gasteiger partial charge < -0.3 is 15.7 Å². The van der Waals surface area contributed by atoms with Gasteiger partial charge in [-0.3, -0.25) is 19.7 Å². The van der Waals surface area contributed by atoms with E-state index in [9.17, 15) is 19.5 Å². The third-order valence-electron chi connectivity index (χ3n) is 4.18. The lowest BCUT2D eigenvalue weighted by Gasteiger charge is -2.29. The Hall–Kier alpha value is -2.69. The first kappa shape index (κ1) is 16.2. The Kier molecular flexibility index (Phi) is 4.34. The second-order valence-corrected chi connectivity index (χ2v) is 5.75. The van der Waals surface area contributed by atoms with Gasteiger partial charge in [-0.25, -0.2) is 0 Å². The number of nitrogens with one attached hydrogen (secondary N) is 1. The van der Waals surface area contributed by atoms with E-state index < -0.39 is 18.1 Å². The fourth-order valence-corrected chi connectivity index (χ4v) is 2.92. The van der Waals surface area contributed by atoms with Gasteiger partial charge in [-0.1, -0.05) is 17.9 Å². The molecule has 3 amide bonds. The van der Waals surface area contributed by atoms with E-state index in [-0.39, 0.29) is 31.3 Å². The Labute approximate surface area is 138 Å². The van der Waals surface area contributed by atoms with E-state index in [1.54, 1.807) is 18.2 Å². The van der Waals surface area contributed by atoms with Crippen LogP contribution in [-0.2, 0) is 16.1 Å². The summed E-state index contributed by atoms with van der Waals surface area (Å²) in [6.07, 6.45) is -0.396. The molecule has 0 radical (unpaired) electrons. The van der Waals surface area contributed by atoms with E-state index in [4.69, 9.17) is 5.73 Å². The number of amides is 3. The largest absolute Gasteiger partial charge is 0.379 e. The van der Waals surface area contributed by atoms with Gasteiger partial charge in [-0.05, 0) is 24.1 Å². The average molecular weight is 327 g/mol. The van der Waals surface area contributed by atoms with Crippen molar-refractivity contribution in [1.29, 1.82) is 0 Å². The first-order chi connectivity index (χ1) is 11.5. The van der Waals surface area contributed by atoms with Crippen LogP contribution in [0.25, 0.3) is 0 Å². The van der Waals surface area contributed by atoms with E-state index in [1.165, 1.54) is 4.90 Å². The van der Waals surface area contributed by atoms with Crippen LogP contribution in [0.4, 0.5) is 0 Å². The van der Waals surface area contributed by atoms with Crippen LogP contribution >= 0.6 is 0 Å². The average Bonchev–Trinajstić information content (AvgIpc) is 2.90. The molecule has 2 unspecified atom stereocenters. The molecule has 2 aliphatic heterocycles. The summed E-state index contributed by atoms with van der Waals surface area (Å²) in [6.45, 7) is 0.285. The molecular formula is C17H17N3O4. The van der Waals surface area contributed by atoms with Crippen molar-refractivity contribution in [2.75, 3.05) is 6.54 Å². The minimum absolute atomic E-state index is 0.0311. The molecule has 0 saturated carbocycles. The zero-order valence-electron chi connectivity index (χ0n) is 12.9. The fourth-order valence-electron chi connectivity index (χ4n) is 2.92. The molecule has 1 aromatic rings. The molecule has 7 nitrogen and oxygen atoms in total. The highest BCUT2D eigenvalue weighted by Crippen LogP contribution is 2.29. The van der Waals surface area contributed by atoms with Crippen LogP contribution in [0.5, 0.6) is 0 Å². The van der Waals surface area contributed by atoms with Gasteiger partial charge in [0.25, 0.3) is 5.91 Å². The Bertz CT molecular complexity index is 778. The summed E-state index contributed by atoms with van der Waals surface area (Å²) in [5, 5.41) is 11.7. The van der Waals surface area contributed by atoms with Gasteiger partial charge in [0, 0.05) is 30.6 Å². The SMILES string of the molecule is NCC(O)C#Cc1cccc2c1CN(C1CCC(=O)NC1=O)C2=O. The summed E-state index contributed by atoms with van der Waals surface area (Å²) >= 11 is 0. The second-order valence-electron chi connectivity index (χ2n) is 5.75. The van der Waals surface area contributed by atoms with Gasteiger partial charge >= 0.3 is 0 Å². The lowest BCUT2D eigenvalue weighted by Crippen LogP contribution is -2.52. The van der Waals surface area contributed by atoms with E-state index in [0.717, 1.165) is 5.56 Å². The number of aliphatic hydroxyl groups excluding tert-OH is 1. The van der Waals surface area contributed by atoms with Gasteiger partial charge in [0.1, 0.15) is 12.1 Å². The molecule has 2 aliphatic rings. The zero-order valence-corrected chi connectivity index (χ0v) is 12.9. The predicted molar refractivity (Wildman–Crippen MR) is 84.4 cm³/mol. The van der Waals surface area contributed by atoms with Crippen LogP contribution in [0, 0.1) is 11.8 Å². The molecule has 1 saturated heterocycles. The molecule has 2 heterocycles. The molecule has 24 heavy (non-hydrogen) atoms. The highest BCUT2D eigenvalue weighted by molar-refractivity contribution is 6.05. The van der Waals surface area contributed by atoms with Gasteiger partial charge in [-0.2, -0.15) is 0 Å². The van der Waals surface area contributed by atoms with Crippen molar-refractivity contribution in [2.45, 2.75) is 31.5 Å². The molecule has 1 fully saturated rings. The van der Waals surface area contributed by atoms with Crippen molar-refractivity contribution in [3.63, 3.8) is 0 Å². The van der Waals surface area contributed by atoms with Crippen molar-refractivity contribution in [3.8, 4) is 11.8 Å². The third kappa shape index (κ3) is 2.89. The van der Waals surface area contributed by atoms with Crippen LogP contribution in [0.2, 0.25) is 0 Å². The molecule has 124 valence electrons. The lowest BCUT2D eigenvalue weighted by atomic mass is 10.0. The summed E-state index contributed by atoms with van der Waals surface area (Å²) in [7, 11) is 0. The van der Waals surface area contributed by atoms with E-state index in [1.807, 2.05) is 0 Å². The normalized spacial score (nSPS) is 21.0. The van der Waals surface area contributed by atoms with Crippen LogP contribution in [0.1, 0.15) is 34.3 Å².